The van der Waals surface area contributed by atoms with E-state index in [1.807, 2.05) is 12.1 Å². The number of ether oxygens (including phenoxy) is 1. The minimum atomic E-state index is -1.63. The first-order chi connectivity index (χ1) is 18.0. The number of esters is 1. The number of fused-ring (bicyclic) bond motifs is 7. The first-order valence-electron chi connectivity index (χ1n) is 12.3. The van der Waals surface area contributed by atoms with Gasteiger partial charge in [-0.15, -0.1) is 0 Å². The lowest BCUT2D eigenvalue weighted by Crippen LogP contribution is -2.04. The molecule has 184 valence electrons. The van der Waals surface area contributed by atoms with Gasteiger partial charge in [0.05, 0.1) is 12.2 Å². The molecule has 0 atom stereocenters. The first kappa shape index (κ1) is 23.2. The average molecular weight is 508 g/mol. The van der Waals surface area contributed by atoms with Gasteiger partial charge < -0.3 is 13.1 Å². The summed E-state index contributed by atoms with van der Waals surface area (Å²) >= 11 is 0. The molecular weight excluding hydrogens is 481 g/mol. The molecule has 0 unspecified atom stereocenters. The van der Waals surface area contributed by atoms with E-state index in [0.29, 0.717) is 12.2 Å². The van der Waals surface area contributed by atoms with Crippen LogP contribution in [0.25, 0.3) is 43.5 Å². The summed E-state index contributed by atoms with van der Waals surface area (Å²) in [5.41, 5.74) is 4.86. The van der Waals surface area contributed by atoms with E-state index in [1.165, 1.54) is 0 Å². The largest absolute Gasteiger partial charge is 0.462 e. The van der Waals surface area contributed by atoms with Gasteiger partial charge in [-0.2, -0.15) is 0 Å². The maximum Gasteiger partial charge on any atom is 0.338 e. The van der Waals surface area contributed by atoms with E-state index < -0.39 is 8.16 Å². The highest BCUT2D eigenvalue weighted by atomic mass is 31.1. The normalized spacial score (nSPS) is 11.3. The van der Waals surface area contributed by atoms with Gasteiger partial charge in [-0.1, -0.05) is 54.6 Å². The van der Waals surface area contributed by atoms with Crippen LogP contribution in [-0.2, 0) is 4.74 Å². The molecule has 0 saturated heterocycles. The highest BCUT2D eigenvalue weighted by molar-refractivity contribution is 7.39. The highest BCUT2D eigenvalue weighted by Crippen LogP contribution is 2.43. The van der Waals surface area contributed by atoms with Crippen molar-refractivity contribution in [2.75, 3.05) is 11.7 Å². The number of anilines is 1. The van der Waals surface area contributed by atoms with Crippen molar-refractivity contribution in [3.8, 4) is 0 Å². The molecule has 0 radical (unpaired) electrons. The SMILES string of the molecule is CCOC(=O)c1cccc(Np2oc3c(C)cc4ccccc4c3c3c(o2)c(C)cc2ccccc23)c1. The number of carbonyl (C=O) groups is 1. The Kier molecular flexibility index (Phi) is 5.86. The molecule has 0 saturated carbocycles. The molecule has 6 heteroatoms. The topological polar surface area (TPSA) is 64.6 Å². The first-order valence-corrected chi connectivity index (χ1v) is 13.5. The van der Waals surface area contributed by atoms with Crippen LogP contribution in [0.2, 0.25) is 0 Å². The smallest absolute Gasteiger partial charge is 0.338 e. The van der Waals surface area contributed by atoms with Gasteiger partial charge in [0.1, 0.15) is 11.2 Å². The van der Waals surface area contributed by atoms with Gasteiger partial charge in [0, 0.05) is 16.5 Å². The summed E-state index contributed by atoms with van der Waals surface area (Å²) in [6.45, 7) is 6.26. The molecule has 6 rings (SSSR count). The number of aryl methyl sites for hydroxylation is 2. The zero-order chi connectivity index (χ0) is 25.5. The van der Waals surface area contributed by atoms with Crippen LogP contribution >= 0.6 is 8.16 Å². The van der Waals surface area contributed by atoms with Crippen LogP contribution in [0.3, 0.4) is 0 Å². The van der Waals surface area contributed by atoms with E-state index in [0.717, 1.165) is 60.3 Å². The summed E-state index contributed by atoms with van der Waals surface area (Å²) in [5, 5.41) is 10.0. The van der Waals surface area contributed by atoms with Crippen molar-refractivity contribution in [3.63, 3.8) is 0 Å². The van der Waals surface area contributed by atoms with Gasteiger partial charge in [-0.25, -0.2) is 4.79 Å². The summed E-state index contributed by atoms with van der Waals surface area (Å²) in [4.78, 5) is 12.3. The van der Waals surface area contributed by atoms with Gasteiger partial charge >= 0.3 is 14.1 Å². The number of hydrogen-bond donors (Lipinski definition) is 1. The monoisotopic (exact) mass is 507 g/mol. The average Bonchev–Trinajstić information content (AvgIpc) is 3.07. The fraction of sp³-hybridized carbons (Fsp3) is 0.129. The maximum atomic E-state index is 12.3. The number of carbonyl (C=O) groups excluding carboxylic acids is 1. The molecule has 37 heavy (non-hydrogen) atoms. The van der Waals surface area contributed by atoms with Crippen molar-refractivity contribution >= 4 is 63.3 Å². The van der Waals surface area contributed by atoms with Crippen LogP contribution < -0.4 is 5.09 Å². The molecule has 0 aliphatic heterocycles. The number of benzene rings is 5. The number of nitrogens with one attached hydrogen (secondary N) is 1. The lowest BCUT2D eigenvalue weighted by Gasteiger charge is -2.08. The Labute approximate surface area is 215 Å². The van der Waals surface area contributed by atoms with Crippen molar-refractivity contribution in [2.45, 2.75) is 20.8 Å². The lowest BCUT2D eigenvalue weighted by molar-refractivity contribution is 0.0526. The Hall–Kier alpha value is -4.21. The van der Waals surface area contributed by atoms with Crippen LogP contribution in [-0.4, -0.2) is 12.6 Å². The second kappa shape index (κ2) is 9.34. The third-order valence-corrected chi connectivity index (χ3v) is 7.70. The van der Waals surface area contributed by atoms with Crippen molar-refractivity contribution in [2.24, 2.45) is 0 Å². The second-order valence-electron chi connectivity index (χ2n) is 9.09. The third kappa shape index (κ3) is 4.12. The van der Waals surface area contributed by atoms with Crippen LogP contribution in [0.15, 0.2) is 93.3 Å². The van der Waals surface area contributed by atoms with Crippen LogP contribution in [0.1, 0.15) is 28.4 Å². The van der Waals surface area contributed by atoms with Gasteiger partial charge in [0.15, 0.2) is 0 Å². The molecule has 5 nitrogen and oxygen atoms in total. The van der Waals surface area contributed by atoms with E-state index in [2.05, 4.69) is 79.6 Å². The van der Waals surface area contributed by atoms with Gasteiger partial charge in [-0.05, 0) is 83.8 Å². The van der Waals surface area contributed by atoms with Crippen molar-refractivity contribution in [1.82, 2.24) is 0 Å². The Balaban J connectivity index is 1.70. The van der Waals surface area contributed by atoms with Crippen LogP contribution in [0, 0.1) is 13.8 Å². The summed E-state index contributed by atoms with van der Waals surface area (Å²) in [5.74, 6) is -0.359. The molecule has 1 heterocycles. The maximum absolute atomic E-state index is 12.3. The second-order valence-corrected chi connectivity index (χ2v) is 10.2. The van der Waals surface area contributed by atoms with Gasteiger partial charge in [-0.3, -0.25) is 5.09 Å². The molecule has 1 aromatic heterocycles. The predicted molar refractivity (Wildman–Crippen MR) is 152 cm³/mol. The van der Waals surface area contributed by atoms with E-state index in [9.17, 15) is 4.79 Å². The summed E-state index contributed by atoms with van der Waals surface area (Å²) in [6, 6.07) is 28.3. The Bertz CT molecular complexity index is 1770. The number of hydrogen-bond acceptors (Lipinski definition) is 5. The molecule has 5 aromatic carbocycles. The van der Waals surface area contributed by atoms with E-state index in [1.54, 1.807) is 19.1 Å². The third-order valence-electron chi connectivity index (χ3n) is 6.57. The van der Waals surface area contributed by atoms with Gasteiger partial charge in [0.25, 0.3) is 0 Å². The Morgan fingerprint density at radius 2 is 1.35 bits per heavy atom. The Morgan fingerprint density at radius 3 is 1.92 bits per heavy atom. The van der Waals surface area contributed by atoms with E-state index >= 15 is 0 Å². The highest BCUT2D eigenvalue weighted by Gasteiger charge is 2.17. The molecule has 0 aliphatic carbocycles. The molecule has 1 N–H and O–H groups in total. The molecular formula is C31H26NO4P. The van der Waals surface area contributed by atoms with Crippen LogP contribution in [0.5, 0.6) is 0 Å². The molecule has 0 fully saturated rings. The Morgan fingerprint density at radius 1 is 0.784 bits per heavy atom. The fourth-order valence-electron chi connectivity index (χ4n) is 4.93. The van der Waals surface area contributed by atoms with E-state index in [4.69, 9.17) is 13.1 Å². The van der Waals surface area contributed by atoms with E-state index in [-0.39, 0.29) is 5.97 Å². The quantitative estimate of drug-likeness (QED) is 0.241. The summed E-state index contributed by atoms with van der Waals surface area (Å²) in [7, 11) is -1.63. The predicted octanol–water partition coefficient (Wildman–Crippen LogP) is 9.27. The van der Waals surface area contributed by atoms with Crippen molar-refractivity contribution in [1.29, 1.82) is 0 Å². The molecule has 0 amide bonds. The zero-order valence-corrected chi connectivity index (χ0v) is 21.8. The minimum Gasteiger partial charge on any atom is -0.462 e. The molecule has 0 aliphatic rings. The molecule has 6 aromatic rings. The number of rotatable bonds is 4. The van der Waals surface area contributed by atoms with Crippen molar-refractivity contribution < 1.29 is 17.9 Å². The summed E-state index contributed by atoms with van der Waals surface area (Å²) in [6.07, 6.45) is 0. The standard InChI is InChI=1S/C31H26NO4P/c1-4-34-31(33)23-12-9-13-24(18-23)32-37-35-29-19(2)16-21-10-5-7-14-25(21)27(29)28-26-15-8-6-11-22(26)17-20(3)30(28)36-37/h5-18,32H,4H2,1-3H3. The zero-order valence-electron chi connectivity index (χ0n) is 20.9. The van der Waals surface area contributed by atoms with Crippen molar-refractivity contribution in [3.05, 3.63) is 102 Å². The summed E-state index contributed by atoms with van der Waals surface area (Å²) < 4.78 is 18.5. The fourth-order valence-corrected chi connectivity index (χ4v) is 6.22. The minimum absolute atomic E-state index is 0.323. The lowest BCUT2D eigenvalue weighted by atomic mass is 9.95. The molecule has 0 bridgehead atoms. The van der Waals surface area contributed by atoms with Crippen LogP contribution in [0.4, 0.5) is 5.69 Å². The molecule has 0 spiro atoms. The van der Waals surface area contributed by atoms with Gasteiger partial charge in [0.2, 0.25) is 0 Å².